The van der Waals surface area contributed by atoms with Crippen molar-refractivity contribution in [1.82, 2.24) is 4.57 Å². The van der Waals surface area contributed by atoms with Crippen LogP contribution in [-0.2, 0) is 0 Å². The molecule has 158 valence electrons. The third kappa shape index (κ3) is 2.40. The third-order valence-electron chi connectivity index (χ3n) is 7.10. The van der Waals surface area contributed by atoms with E-state index in [-0.39, 0.29) is 0 Å². The number of para-hydroxylation sites is 2. The normalized spacial score (nSPS) is 12.1. The minimum atomic E-state index is 0.929. The Hall–Kier alpha value is -4.56. The van der Waals surface area contributed by atoms with Gasteiger partial charge in [0.25, 0.3) is 0 Å². The van der Waals surface area contributed by atoms with Crippen molar-refractivity contribution in [2.24, 2.45) is 0 Å². The van der Waals surface area contributed by atoms with E-state index in [2.05, 4.69) is 120 Å². The van der Waals surface area contributed by atoms with Gasteiger partial charge in [-0.2, -0.15) is 0 Å². The van der Waals surface area contributed by atoms with Gasteiger partial charge in [0.2, 0.25) is 0 Å². The number of hydrogen-bond donors (Lipinski definition) is 0. The Bertz CT molecular complexity index is 2060. The minimum Gasteiger partial charge on any atom is -0.456 e. The predicted octanol–water partition coefficient (Wildman–Crippen LogP) is 8.99. The van der Waals surface area contributed by atoms with Gasteiger partial charge < -0.3 is 8.98 Å². The minimum absolute atomic E-state index is 0.929. The molecule has 0 aliphatic carbocycles. The molecular formula is C32H19NO. The van der Waals surface area contributed by atoms with Gasteiger partial charge in [-0.1, -0.05) is 60.7 Å². The fourth-order valence-corrected chi connectivity index (χ4v) is 5.53. The van der Waals surface area contributed by atoms with Gasteiger partial charge >= 0.3 is 0 Å². The van der Waals surface area contributed by atoms with Crippen molar-refractivity contribution >= 4 is 65.3 Å². The van der Waals surface area contributed by atoms with Crippen molar-refractivity contribution in [2.45, 2.75) is 0 Å². The van der Waals surface area contributed by atoms with Gasteiger partial charge in [-0.25, -0.2) is 0 Å². The van der Waals surface area contributed by atoms with Gasteiger partial charge in [0, 0.05) is 27.2 Å². The van der Waals surface area contributed by atoms with Gasteiger partial charge in [-0.05, 0) is 76.1 Å². The average Bonchev–Trinajstić information content (AvgIpc) is 3.39. The standard InChI is InChI=1S/C32H19NO/c1-2-10-24(11-3-1)33-29-13-7-6-12-25(29)26-19-32-28(18-30(26)33)27-16-22-14-20-8-4-5-9-21(20)15-23(22)17-31(27)34-32/h1-19H. The molecule has 0 saturated carbocycles. The first kappa shape index (κ1) is 17.9. The van der Waals surface area contributed by atoms with Crippen LogP contribution in [-0.4, -0.2) is 4.57 Å². The Morgan fingerprint density at radius 2 is 1.06 bits per heavy atom. The van der Waals surface area contributed by atoms with Crippen molar-refractivity contribution in [2.75, 3.05) is 0 Å². The number of nitrogens with zero attached hydrogens (tertiary/aromatic N) is 1. The van der Waals surface area contributed by atoms with Crippen LogP contribution < -0.4 is 0 Å². The zero-order valence-electron chi connectivity index (χ0n) is 18.3. The fourth-order valence-electron chi connectivity index (χ4n) is 5.53. The van der Waals surface area contributed by atoms with Gasteiger partial charge in [-0.3, -0.25) is 0 Å². The van der Waals surface area contributed by atoms with Crippen molar-refractivity contribution in [3.05, 3.63) is 115 Å². The van der Waals surface area contributed by atoms with Crippen LogP contribution in [0.1, 0.15) is 0 Å². The summed E-state index contributed by atoms with van der Waals surface area (Å²) in [5.74, 6) is 0. The molecule has 0 aliphatic rings. The fraction of sp³-hybridized carbons (Fsp3) is 0. The van der Waals surface area contributed by atoms with E-state index >= 15 is 0 Å². The molecule has 34 heavy (non-hydrogen) atoms. The molecule has 0 bridgehead atoms. The Labute approximate surface area is 195 Å². The van der Waals surface area contributed by atoms with E-state index in [4.69, 9.17) is 4.42 Å². The number of hydrogen-bond acceptors (Lipinski definition) is 1. The van der Waals surface area contributed by atoms with Gasteiger partial charge in [0.1, 0.15) is 11.2 Å². The summed E-state index contributed by atoms with van der Waals surface area (Å²) in [7, 11) is 0. The number of furan rings is 1. The second kappa shape index (κ2) is 6.49. The monoisotopic (exact) mass is 433 g/mol. The lowest BCUT2D eigenvalue weighted by Crippen LogP contribution is -1.92. The molecular weight excluding hydrogens is 414 g/mol. The highest BCUT2D eigenvalue weighted by atomic mass is 16.3. The van der Waals surface area contributed by atoms with Crippen molar-refractivity contribution in [1.29, 1.82) is 0 Å². The van der Waals surface area contributed by atoms with E-state index in [1.807, 2.05) is 0 Å². The average molecular weight is 434 g/mol. The summed E-state index contributed by atoms with van der Waals surface area (Å²) in [4.78, 5) is 0. The number of aromatic nitrogens is 1. The van der Waals surface area contributed by atoms with Crippen LogP contribution in [0, 0.1) is 0 Å². The molecule has 2 nitrogen and oxygen atoms in total. The van der Waals surface area contributed by atoms with Crippen LogP contribution in [0.3, 0.4) is 0 Å². The highest BCUT2D eigenvalue weighted by Gasteiger charge is 2.16. The largest absolute Gasteiger partial charge is 0.456 e. The number of benzene rings is 6. The van der Waals surface area contributed by atoms with Crippen molar-refractivity contribution in [3.63, 3.8) is 0 Å². The first-order valence-electron chi connectivity index (χ1n) is 11.6. The molecule has 0 spiro atoms. The first-order valence-corrected chi connectivity index (χ1v) is 11.6. The van der Waals surface area contributed by atoms with Crippen LogP contribution >= 0.6 is 0 Å². The molecule has 2 heterocycles. The highest BCUT2D eigenvalue weighted by Crippen LogP contribution is 2.39. The maximum absolute atomic E-state index is 6.44. The molecule has 0 atom stereocenters. The van der Waals surface area contributed by atoms with Crippen LogP contribution in [0.5, 0.6) is 0 Å². The zero-order valence-corrected chi connectivity index (χ0v) is 18.3. The lowest BCUT2D eigenvalue weighted by atomic mass is 10.0. The van der Waals surface area contributed by atoms with E-state index in [1.165, 1.54) is 43.4 Å². The number of rotatable bonds is 1. The zero-order chi connectivity index (χ0) is 22.2. The summed E-state index contributed by atoms with van der Waals surface area (Å²) < 4.78 is 8.79. The Morgan fingerprint density at radius 1 is 0.412 bits per heavy atom. The quantitative estimate of drug-likeness (QED) is 0.236. The van der Waals surface area contributed by atoms with Gasteiger partial charge in [0.15, 0.2) is 0 Å². The summed E-state index contributed by atoms with van der Waals surface area (Å²) in [6.07, 6.45) is 0. The SMILES string of the molecule is c1ccc(-n2c3ccccc3c3cc4oc5cc6cc7ccccc7cc6cc5c4cc32)cc1. The summed E-state index contributed by atoms with van der Waals surface area (Å²) in [5.41, 5.74) is 5.43. The molecule has 2 aromatic heterocycles. The maximum Gasteiger partial charge on any atom is 0.136 e. The molecule has 0 N–H and O–H groups in total. The lowest BCUT2D eigenvalue weighted by molar-refractivity contribution is 0.670. The Morgan fingerprint density at radius 3 is 1.88 bits per heavy atom. The van der Waals surface area contributed by atoms with Crippen LogP contribution in [0.4, 0.5) is 0 Å². The topological polar surface area (TPSA) is 18.1 Å². The Balaban J connectivity index is 1.51. The molecule has 0 radical (unpaired) electrons. The molecule has 8 aromatic rings. The molecule has 0 aliphatic heterocycles. The summed E-state index contributed by atoms with van der Waals surface area (Å²) in [6.45, 7) is 0. The maximum atomic E-state index is 6.44. The van der Waals surface area contributed by atoms with Crippen molar-refractivity contribution < 1.29 is 4.42 Å². The molecule has 2 heteroatoms. The smallest absolute Gasteiger partial charge is 0.136 e. The molecule has 0 unspecified atom stereocenters. The Kier molecular flexibility index (Phi) is 3.42. The molecule has 0 fully saturated rings. The lowest BCUT2D eigenvalue weighted by Gasteiger charge is -2.07. The van der Waals surface area contributed by atoms with Crippen LogP contribution in [0.2, 0.25) is 0 Å². The van der Waals surface area contributed by atoms with Crippen LogP contribution in [0.25, 0.3) is 71.0 Å². The molecule has 0 saturated heterocycles. The second-order valence-electron chi connectivity index (χ2n) is 9.05. The van der Waals surface area contributed by atoms with E-state index < -0.39 is 0 Å². The molecule has 0 amide bonds. The van der Waals surface area contributed by atoms with E-state index in [0.29, 0.717) is 0 Å². The molecule has 8 rings (SSSR count). The summed E-state index contributed by atoms with van der Waals surface area (Å²) in [5, 5.41) is 9.70. The van der Waals surface area contributed by atoms with E-state index in [9.17, 15) is 0 Å². The predicted molar refractivity (Wildman–Crippen MR) is 143 cm³/mol. The van der Waals surface area contributed by atoms with Crippen molar-refractivity contribution in [3.8, 4) is 5.69 Å². The number of fused-ring (bicyclic) bond motifs is 8. The highest BCUT2D eigenvalue weighted by molar-refractivity contribution is 6.19. The second-order valence-corrected chi connectivity index (χ2v) is 9.05. The molecule has 6 aromatic carbocycles. The van der Waals surface area contributed by atoms with Gasteiger partial charge in [0.05, 0.1) is 11.0 Å². The van der Waals surface area contributed by atoms with E-state index in [1.54, 1.807) is 0 Å². The van der Waals surface area contributed by atoms with Gasteiger partial charge in [-0.15, -0.1) is 0 Å². The summed E-state index contributed by atoms with van der Waals surface area (Å²) in [6, 6.07) is 41.2. The van der Waals surface area contributed by atoms with Crippen LogP contribution in [0.15, 0.2) is 120 Å². The first-order chi connectivity index (χ1) is 16.8. The van der Waals surface area contributed by atoms with E-state index in [0.717, 1.165) is 27.6 Å². The third-order valence-corrected chi connectivity index (χ3v) is 7.10. The summed E-state index contributed by atoms with van der Waals surface area (Å²) >= 11 is 0.